The molecule has 2 amide bonds. The van der Waals surface area contributed by atoms with Gasteiger partial charge in [-0.25, -0.2) is 0 Å². The molecule has 0 bridgehead atoms. The second-order valence-electron chi connectivity index (χ2n) is 5.71. The van der Waals surface area contributed by atoms with Gasteiger partial charge in [0, 0.05) is 4.47 Å². The molecule has 7 heteroatoms. The molecule has 3 rings (SSSR count). The van der Waals surface area contributed by atoms with Crippen molar-refractivity contribution in [2.45, 2.75) is 13.5 Å². The highest BCUT2D eigenvalue weighted by Gasteiger charge is 2.35. The maximum atomic E-state index is 12.7. The van der Waals surface area contributed by atoms with Gasteiger partial charge in [0.15, 0.2) is 11.5 Å². The number of halogens is 1. The van der Waals surface area contributed by atoms with Crippen LogP contribution in [0, 0.1) is 0 Å². The van der Waals surface area contributed by atoms with Gasteiger partial charge in [-0.2, -0.15) is 0 Å². The zero-order chi connectivity index (χ0) is 19.4. The van der Waals surface area contributed by atoms with Crippen LogP contribution in [0.1, 0.15) is 18.1 Å². The summed E-state index contributed by atoms with van der Waals surface area (Å²) in [6.45, 7) is 2.67. The van der Waals surface area contributed by atoms with Crippen molar-refractivity contribution in [3.63, 3.8) is 0 Å². The van der Waals surface area contributed by atoms with Gasteiger partial charge >= 0.3 is 0 Å². The topological polar surface area (TPSA) is 55.8 Å². The Kier molecular flexibility index (Phi) is 6.23. The largest absolute Gasteiger partial charge is 0.493 e. The number of benzene rings is 2. The molecule has 1 heterocycles. The number of hydrogen-bond acceptors (Lipinski definition) is 5. The third-order valence-corrected chi connectivity index (χ3v) is 5.52. The van der Waals surface area contributed by atoms with Gasteiger partial charge in [0.05, 0.1) is 25.2 Å². The summed E-state index contributed by atoms with van der Waals surface area (Å²) in [5, 5.41) is -0.274. The Labute approximate surface area is 170 Å². The van der Waals surface area contributed by atoms with Crippen LogP contribution in [-0.4, -0.2) is 29.8 Å². The van der Waals surface area contributed by atoms with Crippen LogP contribution in [0.5, 0.6) is 11.5 Å². The van der Waals surface area contributed by atoms with E-state index in [2.05, 4.69) is 15.9 Å². The van der Waals surface area contributed by atoms with Gasteiger partial charge in [0.2, 0.25) is 0 Å². The van der Waals surface area contributed by atoms with Crippen molar-refractivity contribution >= 4 is 44.9 Å². The first-order valence-corrected chi connectivity index (χ1v) is 9.94. The fourth-order valence-corrected chi connectivity index (χ4v) is 3.90. The molecule has 0 N–H and O–H groups in total. The van der Waals surface area contributed by atoms with E-state index in [1.807, 2.05) is 37.3 Å². The highest BCUT2D eigenvalue weighted by atomic mass is 79.9. The van der Waals surface area contributed by atoms with E-state index in [1.54, 1.807) is 25.3 Å². The van der Waals surface area contributed by atoms with Crippen molar-refractivity contribution in [1.82, 2.24) is 4.90 Å². The first-order valence-electron chi connectivity index (χ1n) is 8.33. The quantitative estimate of drug-likeness (QED) is 0.576. The SMILES string of the molecule is CCOc1cc(Br)c(/C=C2\SC(=O)N(Cc3ccccc3)C2=O)cc1OC. The van der Waals surface area contributed by atoms with Crippen molar-refractivity contribution < 1.29 is 19.1 Å². The number of amides is 2. The predicted molar refractivity (Wildman–Crippen MR) is 110 cm³/mol. The van der Waals surface area contributed by atoms with E-state index in [9.17, 15) is 9.59 Å². The molecule has 0 saturated carbocycles. The van der Waals surface area contributed by atoms with Gasteiger partial charge in [0.1, 0.15) is 0 Å². The molecule has 0 radical (unpaired) electrons. The van der Waals surface area contributed by atoms with Crippen molar-refractivity contribution in [2.75, 3.05) is 13.7 Å². The number of carbonyl (C=O) groups is 2. The van der Waals surface area contributed by atoms with Gasteiger partial charge in [-0.05, 0) is 48.0 Å². The van der Waals surface area contributed by atoms with E-state index in [1.165, 1.54) is 4.90 Å². The molecule has 1 fully saturated rings. The molecule has 0 aromatic heterocycles. The summed E-state index contributed by atoms with van der Waals surface area (Å²) in [4.78, 5) is 26.6. The molecule has 1 aliphatic rings. The molecular weight excluding hydrogens is 430 g/mol. The molecule has 1 saturated heterocycles. The number of ether oxygens (including phenoxy) is 2. The highest BCUT2D eigenvalue weighted by Crippen LogP contribution is 2.38. The molecule has 0 spiro atoms. The van der Waals surface area contributed by atoms with E-state index < -0.39 is 0 Å². The second kappa shape index (κ2) is 8.63. The van der Waals surface area contributed by atoms with E-state index in [0.717, 1.165) is 27.4 Å². The lowest BCUT2D eigenvalue weighted by Crippen LogP contribution is -2.27. The summed E-state index contributed by atoms with van der Waals surface area (Å²) in [6, 6.07) is 13.0. The van der Waals surface area contributed by atoms with Gasteiger partial charge in [-0.3, -0.25) is 14.5 Å². The van der Waals surface area contributed by atoms with Crippen LogP contribution in [-0.2, 0) is 11.3 Å². The Balaban J connectivity index is 1.87. The van der Waals surface area contributed by atoms with Crippen LogP contribution in [0.25, 0.3) is 6.08 Å². The molecule has 1 aliphatic heterocycles. The summed E-state index contributed by atoms with van der Waals surface area (Å²) >= 11 is 4.43. The number of thioether (sulfide) groups is 1. The van der Waals surface area contributed by atoms with Gasteiger partial charge in [-0.15, -0.1) is 0 Å². The Bertz CT molecular complexity index is 898. The van der Waals surface area contributed by atoms with E-state index in [4.69, 9.17) is 9.47 Å². The van der Waals surface area contributed by atoms with Crippen LogP contribution in [0.15, 0.2) is 51.8 Å². The molecular formula is C20H18BrNO4S. The summed E-state index contributed by atoms with van der Waals surface area (Å²) in [5.74, 6) is 0.879. The fraction of sp³-hybridized carbons (Fsp3) is 0.200. The van der Waals surface area contributed by atoms with Gasteiger partial charge in [-0.1, -0.05) is 46.3 Å². The maximum absolute atomic E-state index is 12.7. The number of carbonyl (C=O) groups excluding carboxylic acids is 2. The Hall–Kier alpha value is -2.25. The second-order valence-corrected chi connectivity index (χ2v) is 7.56. The van der Waals surface area contributed by atoms with E-state index in [-0.39, 0.29) is 17.7 Å². The van der Waals surface area contributed by atoms with E-state index >= 15 is 0 Å². The standard InChI is InChI=1S/C20H18BrNO4S/c1-3-26-17-11-15(21)14(9-16(17)25-2)10-18-19(23)22(20(24)27-18)12-13-7-5-4-6-8-13/h4-11H,3,12H2,1-2H3/b18-10-. The highest BCUT2D eigenvalue weighted by molar-refractivity contribution is 9.10. The average Bonchev–Trinajstić information content (AvgIpc) is 2.92. The average molecular weight is 448 g/mol. The third-order valence-electron chi connectivity index (χ3n) is 3.93. The van der Waals surface area contributed by atoms with E-state index in [0.29, 0.717) is 23.0 Å². The van der Waals surface area contributed by atoms with Crippen LogP contribution in [0.3, 0.4) is 0 Å². The number of rotatable bonds is 6. The monoisotopic (exact) mass is 447 g/mol. The minimum absolute atomic E-state index is 0.261. The predicted octanol–water partition coefficient (Wildman–Crippen LogP) is 5.09. The number of nitrogens with zero attached hydrogens (tertiary/aromatic N) is 1. The van der Waals surface area contributed by atoms with Gasteiger partial charge < -0.3 is 9.47 Å². The smallest absolute Gasteiger partial charge is 0.293 e. The number of hydrogen-bond donors (Lipinski definition) is 0. The minimum Gasteiger partial charge on any atom is -0.493 e. The zero-order valence-electron chi connectivity index (χ0n) is 14.9. The van der Waals surface area contributed by atoms with Crippen LogP contribution >= 0.6 is 27.7 Å². The Morgan fingerprint density at radius 1 is 1.15 bits per heavy atom. The summed E-state index contributed by atoms with van der Waals surface area (Å²) in [7, 11) is 1.56. The number of methoxy groups -OCH3 is 1. The first kappa shape index (κ1) is 19.5. The maximum Gasteiger partial charge on any atom is 0.293 e. The molecule has 0 aliphatic carbocycles. The summed E-state index contributed by atoms with van der Waals surface area (Å²) < 4.78 is 11.7. The van der Waals surface area contributed by atoms with Crippen LogP contribution < -0.4 is 9.47 Å². The third kappa shape index (κ3) is 4.36. The lowest BCUT2D eigenvalue weighted by molar-refractivity contribution is -0.123. The summed E-state index contributed by atoms with van der Waals surface area (Å²) in [6.07, 6.45) is 1.69. The fourth-order valence-electron chi connectivity index (χ4n) is 2.63. The zero-order valence-corrected chi connectivity index (χ0v) is 17.3. The van der Waals surface area contributed by atoms with Crippen molar-refractivity contribution in [3.8, 4) is 11.5 Å². The molecule has 0 unspecified atom stereocenters. The minimum atomic E-state index is -0.298. The Morgan fingerprint density at radius 3 is 2.56 bits per heavy atom. The number of imide groups is 1. The van der Waals surface area contributed by atoms with Crippen LogP contribution in [0.4, 0.5) is 4.79 Å². The lowest BCUT2D eigenvalue weighted by Gasteiger charge is -2.12. The van der Waals surface area contributed by atoms with Crippen LogP contribution in [0.2, 0.25) is 0 Å². The molecule has 5 nitrogen and oxygen atoms in total. The molecule has 140 valence electrons. The molecule has 0 atom stereocenters. The van der Waals surface area contributed by atoms with Crippen molar-refractivity contribution in [1.29, 1.82) is 0 Å². The van der Waals surface area contributed by atoms with Crippen molar-refractivity contribution in [3.05, 3.63) is 63.0 Å². The lowest BCUT2D eigenvalue weighted by atomic mass is 10.1. The first-order chi connectivity index (χ1) is 13.0. The summed E-state index contributed by atoms with van der Waals surface area (Å²) in [5.41, 5.74) is 1.64. The van der Waals surface area contributed by atoms with Gasteiger partial charge in [0.25, 0.3) is 11.1 Å². The molecule has 2 aromatic rings. The normalized spacial score (nSPS) is 15.5. The molecule has 2 aromatic carbocycles. The Morgan fingerprint density at radius 2 is 1.89 bits per heavy atom. The van der Waals surface area contributed by atoms with Crippen molar-refractivity contribution in [2.24, 2.45) is 0 Å². The molecule has 27 heavy (non-hydrogen) atoms.